The Balaban J connectivity index is 1.47. The number of hydrogen-bond donors (Lipinski definition) is 1. The third-order valence-electron chi connectivity index (χ3n) is 5.87. The van der Waals surface area contributed by atoms with E-state index in [4.69, 9.17) is 10.5 Å². The molecule has 0 bridgehead atoms. The first-order valence-corrected chi connectivity index (χ1v) is 11.0. The third kappa shape index (κ3) is 5.09. The number of aromatic nitrogens is 4. The lowest BCUT2D eigenvalue weighted by molar-refractivity contribution is -0.163. The van der Waals surface area contributed by atoms with Gasteiger partial charge in [0.1, 0.15) is 6.54 Å². The van der Waals surface area contributed by atoms with Crippen LogP contribution in [0.2, 0.25) is 0 Å². The van der Waals surface area contributed by atoms with Crippen molar-refractivity contribution in [1.29, 1.82) is 0 Å². The number of amides is 2. The Hall–Kier alpha value is -3.59. The minimum Gasteiger partial charge on any atom is -0.367 e. The number of benzene rings is 1. The van der Waals surface area contributed by atoms with Crippen LogP contribution in [0.1, 0.15) is 31.0 Å². The molecule has 3 aromatic rings. The summed E-state index contributed by atoms with van der Waals surface area (Å²) in [4.78, 5) is 31.2. The molecular formula is C24H28N6O3. The van der Waals surface area contributed by atoms with Crippen LogP contribution in [-0.2, 0) is 27.3 Å². The molecule has 2 aromatic heterocycles. The maximum Gasteiger partial charge on any atom is 0.251 e. The Morgan fingerprint density at radius 2 is 1.97 bits per heavy atom. The van der Waals surface area contributed by atoms with E-state index >= 15 is 0 Å². The number of rotatable bonds is 7. The largest absolute Gasteiger partial charge is 0.367 e. The van der Waals surface area contributed by atoms with Crippen molar-refractivity contribution in [3.8, 4) is 11.1 Å². The highest BCUT2D eigenvalue weighted by Gasteiger charge is 2.43. The molecule has 3 heterocycles. The van der Waals surface area contributed by atoms with Gasteiger partial charge in [-0.2, -0.15) is 0 Å². The van der Waals surface area contributed by atoms with Gasteiger partial charge in [0.15, 0.2) is 5.60 Å². The molecule has 9 heteroatoms. The fraction of sp³-hybridized carbons (Fsp3) is 0.375. The average Bonchev–Trinajstić information content (AvgIpc) is 3.29. The van der Waals surface area contributed by atoms with E-state index in [1.807, 2.05) is 50.2 Å². The van der Waals surface area contributed by atoms with Crippen LogP contribution < -0.4 is 5.73 Å². The fourth-order valence-corrected chi connectivity index (χ4v) is 3.91. The van der Waals surface area contributed by atoms with E-state index in [1.54, 1.807) is 23.5 Å². The van der Waals surface area contributed by atoms with E-state index in [9.17, 15) is 9.59 Å². The number of nitrogens with two attached hydrogens (primary N) is 1. The Labute approximate surface area is 192 Å². The number of carbonyl (C=O) groups excluding carboxylic acids is 2. The summed E-state index contributed by atoms with van der Waals surface area (Å²) < 4.78 is 7.42. The van der Waals surface area contributed by atoms with Crippen molar-refractivity contribution in [3.63, 3.8) is 0 Å². The second kappa shape index (κ2) is 9.50. The molecule has 0 saturated carbocycles. The predicted molar refractivity (Wildman–Crippen MR) is 122 cm³/mol. The fourth-order valence-electron chi connectivity index (χ4n) is 3.91. The lowest BCUT2D eigenvalue weighted by Gasteiger charge is -2.40. The monoisotopic (exact) mass is 448 g/mol. The summed E-state index contributed by atoms with van der Waals surface area (Å²) in [6.07, 6.45) is 5.58. The van der Waals surface area contributed by atoms with Crippen molar-refractivity contribution in [2.24, 2.45) is 5.73 Å². The first-order valence-electron chi connectivity index (χ1n) is 11.0. The molecule has 1 saturated heterocycles. The molecule has 2 N–H and O–H groups in total. The summed E-state index contributed by atoms with van der Waals surface area (Å²) in [5.74, 6) is -0.514. The summed E-state index contributed by atoms with van der Waals surface area (Å²) in [6, 6.07) is 11.7. The van der Waals surface area contributed by atoms with Gasteiger partial charge in [0.2, 0.25) is 5.91 Å². The van der Waals surface area contributed by atoms with E-state index < -0.39 is 11.5 Å². The molecule has 0 unspecified atom stereocenters. The Kier molecular flexibility index (Phi) is 6.50. The van der Waals surface area contributed by atoms with Crippen LogP contribution in [0, 0.1) is 0 Å². The zero-order chi connectivity index (χ0) is 23.4. The van der Waals surface area contributed by atoms with Gasteiger partial charge in [0, 0.05) is 31.6 Å². The Morgan fingerprint density at radius 1 is 1.18 bits per heavy atom. The number of hydrogen-bond acceptors (Lipinski definition) is 6. The van der Waals surface area contributed by atoms with E-state index in [0.717, 1.165) is 22.4 Å². The van der Waals surface area contributed by atoms with Crippen molar-refractivity contribution in [2.75, 3.05) is 19.7 Å². The first kappa shape index (κ1) is 22.6. The Morgan fingerprint density at radius 3 is 2.61 bits per heavy atom. The number of primary amides is 1. The number of carbonyl (C=O) groups is 2. The second-order valence-electron chi connectivity index (χ2n) is 8.63. The smallest absolute Gasteiger partial charge is 0.251 e. The van der Waals surface area contributed by atoms with Crippen molar-refractivity contribution in [3.05, 3.63) is 66.2 Å². The second-order valence-corrected chi connectivity index (χ2v) is 8.63. The lowest BCUT2D eigenvalue weighted by atomic mass is 9.90. The van der Waals surface area contributed by atoms with Crippen molar-refractivity contribution < 1.29 is 14.3 Å². The van der Waals surface area contributed by atoms with Crippen molar-refractivity contribution in [1.82, 2.24) is 24.9 Å². The van der Waals surface area contributed by atoms with Crippen LogP contribution in [-0.4, -0.2) is 62.0 Å². The highest BCUT2D eigenvalue weighted by atomic mass is 16.5. The van der Waals surface area contributed by atoms with Gasteiger partial charge in [0.25, 0.3) is 5.91 Å². The molecule has 1 aliphatic rings. The van der Waals surface area contributed by atoms with Crippen molar-refractivity contribution >= 4 is 11.8 Å². The topological polar surface area (TPSA) is 116 Å². The van der Waals surface area contributed by atoms with Crippen LogP contribution in [0.5, 0.6) is 0 Å². The number of pyridine rings is 1. The van der Waals surface area contributed by atoms with Crippen LogP contribution in [0.15, 0.2) is 55.0 Å². The molecule has 1 atom stereocenters. The van der Waals surface area contributed by atoms with Gasteiger partial charge < -0.3 is 15.4 Å². The standard InChI is InChI=1S/C24H28N6O3/c1-17(2)21-14-30(28-27-21)15-22(31)29-10-11-33-24(16-29,23(25)32)12-18-5-7-19(8-6-18)20-4-3-9-26-13-20/h3-9,13-14,17H,10-12,15-16H2,1-2H3,(H2,25,32)/t24-/m1/s1. The van der Waals surface area contributed by atoms with Crippen LogP contribution in [0.3, 0.4) is 0 Å². The molecular weight excluding hydrogens is 420 g/mol. The van der Waals surface area contributed by atoms with Gasteiger partial charge in [-0.05, 0) is 28.7 Å². The van der Waals surface area contributed by atoms with Crippen LogP contribution in [0.25, 0.3) is 11.1 Å². The quantitative estimate of drug-likeness (QED) is 0.589. The minimum absolute atomic E-state index is 0.0500. The van der Waals surface area contributed by atoms with Crippen LogP contribution >= 0.6 is 0 Å². The molecule has 4 rings (SSSR count). The van der Waals surface area contributed by atoms with Gasteiger partial charge >= 0.3 is 0 Å². The first-order chi connectivity index (χ1) is 15.9. The highest BCUT2D eigenvalue weighted by molar-refractivity contribution is 5.86. The SMILES string of the molecule is CC(C)c1cn(CC(=O)N2CCO[C@@](Cc3ccc(-c4cccnc4)cc3)(C(N)=O)C2)nn1. The lowest BCUT2D eigenvalue weighted by Crippen LogP contribution is -2.61. The van der Waals surface area contributed by atoms with Gasteiger partial charge in [-0.15, -0.1) is 5.10 Å². The van der Waals surface area contributed by atoms with Crippen molar-refractivity contribution in [2.45, 2.75) is 38.3 Å². The molecule has 9 nitrogen and oxygen atoms in total. The van der Waals surface area contributed by atoms with E-state index in [0.29, 0.717) is 6.54 Å². The van der Waals surface area contributed by atoms with Gasteiger partial charge in [0.05, 0.1) is 18.8 Å². The molecule has 1 aliphatic heterocycles. The van der Waals surface area contributed by atoms with Crippen LogP contribution in [0.4, 0.5) is 0 Å². The molecule has 0 spiro atoms. The van der Waals surface area contributed by atoms with E-state index in [2.05, 4.69) is 15.3 Å². The maximum absolute atomic E-state index is 12.9. The molecule has 1 fully saturated rings. The Bertz CT molecular complexity index is 1110. The van der Waals surface area contributed by atoms with Gasteiger partial charge in [-0.3, -0.25) is 14.6 Å². The summed E-state index contributed by atoms with van der Waals surface area (Å²) in [5.41, 5.74) is 8.25. The zero-order valence-corrected chi connectivity index (χ0v) is 18.8. The molecule has 0 radical (unpaired) electrons. The average molecular weight is 449 g/mol. The minimum atomic E-state index is -1.28. The molecule has 2 amide bonds. The highest BCUT2D eigenvalue weighted by Crippen LogP contribution is 2.26. The van der Waals surface area contributed by atoms with E-state index in [1.165, 1.54) is 4.68 Å². The number of ether oxygens (including phenoxy) is 1. The molecule has 1 aromatic carbocycles. The summed E-state index contributed by atoms with van der Waals surface area (Å²) in [6.45, 7) is 4.80. The molecule has 0 aliphatic carbocycles. The van der Waals surface area contributed by atoms with E-state index in [-0.39, 0.29) is 37.9 Å². The predicted octanol–water partition coefficient (Wildman–Crippen LogP) is 1.79. The maximum atomic E-state index is 12.9. The summed E-state index contributed by atoms with van der Waals surface area (Å²) in [7, 11) is 0. The summed E-state index contributed by atoms with van der Waals surface area (Å²) >= 11 is 0. The number of morpholine rings is 1. The molecule has 33 heavy (non-hydrogen) atoms. The molecule has 172 valence electrons. The van der Waals surface area contributed by atoms with Gasteiger partial charge in [-0.1, -0.05) is 49.4 Å². The summed E-state index contributed by atoms with van der Waals surface area (Å²) in [5, 5.41) is 8.13. The zero-order valence-electron chi connectivity index (χ0n) is 18.8. The van der Waals surface area contributed by atoms with Gasteiger partial charge in [-0.25, -0.2) is 4.68 Å². The third-order valence-corrected chi connectivity index (χ3v) is 5.87. The normalized spacial score (nSPS) is 18.5. The number of nitrogens with zero attached hydrogens (tertiary/aromatic N) is 5.